The third-order valence-electron chi connectivity index (χ3n) is 3.02. The van der Waals surface area contributed by atoms with Gasteiger partial charge in [-0.05, 0) is 31.0 Å². The highest BCUT2D eigenvalue weighted by molar-refractivity contribution is 9.10. The van der Waals surface area contributed by atoms with Gasteiger partial charge < -0.3 is 5.73 Å². The van der Waals surface area contributed by atoms with Crippen LogP contribution in [-0.2, 0) is 10.0 Å². The summed E-state index contributed by atoms with van der Waals surface area (Å²) in [5.74, 6) is 0. The van der Waals surface area contributed by atoms with E-state index in [0.29, 0.717) is 18.0 Å². The van der Waals surface area contributed by atoms with Gasteiger partial charge in [0, 0.05) is 23.6 Å². The summed E-state index contributed by atoms with van der Waals surface area (Å²) >= 11 is 3.35. The molecule has 0 aliphatic carbocycles. The largest absolute Gasteiger partial charge is 0.326 e. The van der Waals surface area contributed by atoms with E-state index in [-0.39, 0.29) is 6.04 Å². The van der Waals surface area contributed by atoms with Crippen molar-refractivity contribution in [2.24, 2.45) is 5.73 Å². The average molecular weight is 319 g/mol. The summed E-state index contributed by atoms with van der Waals surface area (Å²) in [5, 5.41) is 0. The van der Waals surface area contributed by atoms with E-state index in [9.17, 15) is 8.42 Å². The minimum Gasteiger partial charge on any atom is -0.326 e. The predicted octanol–water partition coefficient (Wildman–Crippen LogP) is 1.48. The van der Waals surface area contributed by atoms with Gasteiger partial charge in [0.15, 0.2) is 0 Å². The summed E-state index contributed by atoms with van der Waals surface area (Å²) in [7, 11) is -3.40. The second-order valence-corrected chi connectivity index (χ2v) is 7.04. The molecule has 0 aromatic heterocycles. The van der Waals surface area contributed by atoms with Gasteiger partial charge in [-0.15, -0.1) is 0 Å². The molecule has 1 heterocycles. The Morgan fingerprint density at radius 1 is 1.47 bits per heavy atom. The fraction of sp³-hybridized carbons (Fsp3) is 0.455. The van der Waals surface area contributed by atoms with Crippen molar-refractivity contribution >= 4 is 26.0 Å². The molecule has 4 nitrogen and oxygen atoms in total. The molecule has 2 N–H and O–H groups in total. The highest BCUT2D eigenvalue weighted by atomic mass is 79.9. The molecule has 1 aromatic carbocycles. The zero-order valence-electron chi connectivity index (χ0n) is 9.56. The first-order chi connectivity index (χ1) is 7.93. The van der Waals surface area contributed by atoms with Crippen molar-refractivity contribution in [2.75, 3.05) is 13.1 Å². The van der Waals surface area contributed by atoms with Crippen molar-refractivity contribution in [1.82, 2.24) is 4.31 Å². The Hall–Kier alpha value is -0.430. The fourth-order valence-electron chi connectivity index (χ4n) is 1.98. The Bertz CT molecular complexity index is 530. The van der Waals surface area contributed by atoms with Gasteiger partial charge in [0.2, 0.25) is 10.0 Å². The Labute approximate surface area is 110 Å². The highest BCUT2D eigenvalue weighted by Crippen LogP contribution is 2.27. The van der Waals surface area contributed by atoms with Crippen LogP contribution in [0, 0.1) is 6.92 Å². The van der Waals surface area contributed by atoms with Crippen LogP contribution in [0.1, 0.15) is 12.0 Å². The van der Waals surface area contributed by atoms with Gasteiger partial charge in [0.25, 0.3) is 0 Å². The number of nitrogens with zero attached hydrogens (tertiary/aromatic N) is 1. The maximum Gasteiger partial charge on any atom is 0.243 e. The summed E-state index contributed by atoms with van der Waals surface area (Å²) < 4.78 is 27.1. The van der Waals surface area contributed by atoms with E-state index < -0.39 is 10.0 Å². The summed E-state index contributed by atoms with van der Waals surface area (Å²) in [4.78, 5) is 0.362. The maximum atomic E-state index is 12.4. The quantitative estimate of drug-likeness (QED) is 0.898. The van der Waals surface area contributed by atoms with E-state index in [2.05, 4.69) is 15.9 Å². The van der Waals surface area contributed by atoms with Crippen molar-refractivity contribution in [2.45, 2.75) is 24.3 Å². The molecule has 6 heteroatoms. The van der Waals surface area contributed by atoms with Crippen LogP contribution in [-0.4, -0.2) is 31.9 Å². The first kappa shape index (κ1) is 13.0. The molecule has 17 heavy (non-hydrogen) atoms. The molecule has 2 rings (SSSR count). The zero-order valence-corrected chi connectivity index (χ0v) is 12.0. The summed E-state index contributed by atoms with van der Waals surface area (Å²) in [6.07, 6.45) is 0.728. The predicted molar refractivity (Wildman–Crippen MR) is 70.2 cm³/mol. The van der Waals surface area contributed by atoms with Gasteiger partial charge in [-0.3, -0.25) is 0 Å². The molecule has 1 fully saturated rings. The molecular weight excluding hydrogens is 304 g/mol. The first-order valence-electron chi connectivity index (χ1n) is 5.44. The Morgan fingerprint density at radius 2 is 2.18 bits per heavy atom. The lowest BCUT2D eigenvalue weighted by Gasteiger charge is -2.17. The molecule has 1 aliphatic rings. The molecule has 0 spiro atoms. The normalized spacial score (nSPS) is 21.9. The van der Waals surface area contributed by atoms with E-state index in [0.717, 1.165) is 16.5 Å². The van der Waals surface area contributed by atoms with Gasteiger partial charge in [-0.25, -0.2) is 8.42 Å². The molecule has 1 unspecified atom stereocenters. The molecule has 1 saturated heterocycles. The number of rotatable bonds is 2. The highest BCUT2D eigenvalue weighted by Gasteiger charge is 2.31. The smallest absolute Gasteiger partial charge is 0.243 e. The van der Waals surface area contributed by atoms with Crippen LogP contribution >= 0.6 is 15.9 Å². The number of halogens is 1. The van der Waals surface area contributed by atoms with E-state index >= 15 is 0 Å². The minimum atomic E-state index is -3.40. The minimum absolute atomic E-state index is 0.0442. The van der Waals surface area contributed by atoms with Crippen LogP contribution in [0.4, 0.5) is 0 Å². The molecular formula is C11H15BrN2O2S. The molecule has 0 amide bonds. The topological polar surface area (TPSA) is 63.4 Å². The SMILES string of the molecule is Cc1c(Br)cccc1S(=O)(=O)N1CCC(N)C1. The van der Waals surface area contributed by atoms with Crippen LogP contribution in [0.2, 0.25) is 0 Å². The lowest BCUT2D eigenvalue weighted by Crippen LogP contribution is -2.32. The Morgan fingerprint density at radius 3 is 2.76 bits per heavy atom. The molecule has 1 atom stereocenters. The maximum absolute atomic E-state index is 12.4. The molecule has 94 valence electrons. The van der Waals surface area contributed by atoms with Crippen molar-refractivity contribution in [3.8, 4) is 0 Å². The number of hydrogen-bond acceptors (Lipinski definition) is 3. The van der Waals surface area contributed by atoms with Crippen molar-refractivity contribution < 1.29 is 8.42 Å². The number of hydrogen-bond donors (Lipinski definition) is 1. The molecule has 1 aliphatic heterocycles. The molecule has 0 saturated carbocycles. The van der Waals surface area contributed by atoms with Gasteiger partial charge in [0.05, 0.1) is 4.90 Å². The first-order valence-corrected chi connectivity index (χ1v) is 7.67. The van der Waals surface area contributed by atoms with E-state index in [1.165, 1.54) is 4.31 Å². The van der Waals surface area contributed by atoms with Crippen LogP contribution < -0.4 is 5.73 Å². The summed E-state index contributed by atoms with van der Waals surface area (Å²) in [5.41, 5.74) is 6.50. The number of nitrogens with two attached hydrogens (primary N) is 1. The van der Waals surface area contributed by atoms with Crippen molar-refractivity contribution in [3.63, 3.8) is 0 Å². The van der Waals surface area contributed by atoms with E-state index in [1.807, 2.05) is 6.07 Å². The van der Waals surface area contributed by atoms with Crippen molar-refractivity contribution in [3.05, 3.63) is 28.2 Å². The second kappa shape index (κ2) is 4.68. The van der Waals surface area contributed by atoms with Gasteiger partial charge in [-0.1, -0.05) is 22.0 Å². The number of sulfonamides is 1. The Balaban J connectivity index is 2.42. The molecule has 0 radical (unpaired) electrons. The van der Waals surface area contributed by atoms with Crippen LogP contribution in [0.15, 0.2) is 27.6 Å². The zero-order chi connectivity index (χ0) is 12.6. The summed E-state index contributed by atoms with van der Waals surface area (Å²) in [6.45, 7) is 2.72. The van der Waals surface area contributed by atoms with E-state index in [1.54, 1.807) is 19.1 Å². The third kappa shape index (κ3) is 2.40. The number of benzene rings is 1. The monoisotopic (exact) mass is 318 g/mol. The average Bonchev–Trinajstić information content (AvgIpc) is 2.69. The second-order valence-electron chi connectivity index (χ2n) is 4.27. The van der Waals surface area contributed by atoms with E-state index in [4.69, 9.17) is 5.73 Å². The van der Waals surface area contributed by atoms with Crippen molar-refractivity contribution in [1.29, 1.82) is 0 Å². The van der Waals surface area contributed by atoms with Gasteiger partial charge in [0.1, 0.15) is 0 Å². The van der Waals surface area contributed by atoms with Gasteiger partial charge >= 0.3 is 0 Å². The fourth-order valence-corrected chi connectivity index (χ4v) is 4.23. The van der Waals surface area contributed by atoms with Crippen LogP contribution in [0.3, 0.4) is 0 Å². The molecule has 1 aromatic rings. The summed E-state index contributed by atoms with van der Waals surface area (Å²) in [6, 6.07) is 5.17. The lowest BCUT2D eigenvalue weighted by molar-refractivity contribution is 0.472. The lowest BCUT2D eigenvalue weighted by atomic mass is 10.2. The third-order valence-corrected chi connectivity index (χ3v) is 5.89. The molecule has 0 bridgehead atoms. The van der Waals surface area contributed by atoms with Crippen LogP contribution in [0.5, 0.6) is 0 Å². The van der Waals surface area contributed by atoms with Crippen LogP contribution in [0.25, 0.3) is 0 Å². The standard InChI is InChI=1S/C11H15BrN2O2S/c1-8-10(12)3-2-4-11(8)17(15,16)14-6-5-9(13)7-14/h2-4,9H,5-7,13H2,1H3. The van der Waals surface area contributed by atoms with Gasteiger partial charge in [-0.2, -0.15) is 4.31 Å². The Kier molecular flexibility index (Phi) is 3.58.